The van der Waals surface area contributed by atoms with Gasteiger partial charge in [-0.15, -0.1) is 0 Å². The fourth-order valence-electron chi connectivity index (χ4n) is 1.37. The Morgan fingerprint density at radius 1 is 1.33 bits per heavy atom. The summed E-state index contributed by atoms with van der Waals surface area (Å²) in [5.41, 5.74) is 0.897. The second-order valence-electron chi connectivity index (χ2n) is 3.63. The van der Waals surface area contributed by atoms with Crippen molar-refractivity contribution in [3.8, 4) is 0 Å². The number of aliphatic hydroxyl groups excluding tert-OH is 1. The molecule has 0 saturated carbocycles. The van der Waals surface area contributed by atoms with Crippen LogP contribution in [0.15, 0.2) is 30.3 Å². The Morgan fingerprint density at radius 3 is 2.60 bits per heavy atom. The van der Waals surface area contributed by atoms with Gasteiger partial charge in [0.25, 0.3) is 0 Å². The van der Waals surface area contributed by atoms with Crippen LogP contribution in [0.1, 0.15) is 18.6 Å². The van der Waals surface area contributed by atoms with Gasteiger partial charge in [-0.2, -0.15) is 0 Å². The quantitative estimate of drug-likeness (QED) is 0.743. The fraction of sp³-hybridized carbons (Fsp3) is 0.500. The molecule has 1 aromatic carbocycles. The Hall–Kier alpha value is -0.900. The summed E-state index contributed by atoms with van der Waals surface area (Å²) >= 11 is 0. The van der Waals surface area contributed by atoms with Gasteiger partial charge in [-0.25, -0.2) is 0 Å². The van der Waals surface area contributed by atoms with Gasteiger partial charge in [0.05, 0.1) is 12.7 Å². The molecule has 0 fully saturated rings. The van der Waals surface area contributed by atoms with Gasteiger partial charge in [-0.05, 0) is 19.5 Å². The zero-order chi connectivity index (χ0) is 11.1. The molecule has 0 heterocycles. The van der Waals surface area contributed by atoms with Gasteiger partial charge >= 0.3 is 0 Å². The van der Waals surface area contributed by atoms with Crippen LogP contribution in [0.2, 0.25) is 0 Å². The van der Waals surface area contributed by atoms with Crippen LogP contribution in [-0.2, 0) is 4.74 Å². The molecule has 0 aliphatic carbocycles. The third kappa shape index (κ3) is 4.42. The summed E-state index contributed by atoms with van der Waals surface area (Å²) in [6.45, 7) is 3.11. The average molecular weight is 209 g/mol. The number of nitrogens with one attached hydrogen (secondary N) is 1. The lowest BCUT2D eigenvalue weighted by molar-refractivity contribution is -0.00128. The van der Waals surface area contributed by atoms with E-state index < -0.39 is 6.10 Å². The maximum atomic E-state index is 9.79. The Kier molecular flexibility index (Phi) is 5.32. The minimum Gasteiger partial charge on any atom is -0.386 e. The minimum absolute atomic E-state index is 0.119. The van der Waals surface area contributed by atoms with E-state index in [0.29, 0.717) is 6.61 Å². The first kappa shape index (κ1) is 12.2. The highest BCUT2D eigenvalue weighted by molar-refractivity contribution is 5.17. The second kappa shape index (κ2) is 6.56. The summed E-state index contributed by atoms with van der Waals surface area (Å²) < 4.78 is 5.49. The van der Waals surface area contributed by atoms with Gasteiger partial charge in [0.15, 0.2) is 0 Å². The monoisotopic (exact) mass is 209 g/mol. The van der Waals surface area contributed by atoms with E-state index in [9.17, 15) is 5.11 Å². The molecule has 3 nitrogen and oxygen atoms in total. The first-order valence-corrected chi connectivity index (χ1v) is 5.23. The number of likely N-dealkylation sites (N-methyl/N-ethyl adjacent to an activating group) is 1. The maximum Gasteiger partial charge on any atom is 0.102 e. The summed E-state index contributed by atoms with van der Waals surface area (Å²) in [6.07, 6.45) is -0.418. The lowest BCUT2D eigenvalue weighted by Crippen LogP contribution is -2.25. The third-order valence-corrected chi connectivity index (χ3v) is 2.21. The van der Waals surface area contributed by atoms with Crippen molar-refractivity contribution in [1.82, 2.24) is 5.32 Å². The molecule has 0 spiro atoms. The van der Waals surface area contributed by atoms with Gasteiger partial charge in [-0.3, -0.25) is 0 Å². The number of benzene rings is 1. The van der Waals surface area contributed by atoms with E-state index in [-0.39, 0.29) is 6.10 Å². The van der Waals surface area contributed by atoms with Crippen molar-refractivity contribution in [3.63, 3.8) is 0 Å². The maximum absolute atomic E-state index is 9.79. The molecule has 3 heteroatoms. The van der Waals surface area contributed by atoms with Crippen LogP contribution in [0, 0.1) is 0 Å². The summed E-state index contributed by atoms with van der Waals surface area (Å²) in [7, 11) is 1.88. The van der Waals surface area contributed by atoms with E-state index in [1.165, 1.54) is 0 Å². The Labute approximate surface area is 91.1 Å². The Bertz CT molecular complexity index is 264. The molecule has 1 aromatic rings. The summed E-state index contributed by atoms with van der Waals surface area (Å²) in [5.74, 6) is 0. The topological polar surface area (TPSA) is 41.5 Å². The normalized spacial score (nSPS) is 14.9. The molecule has 0 bridgehead atoms. The van der Waals surface area contributed by atoms with Crippen LogP contribution < -0.4 is 5.32 Å². The highest BCUT2D eigenvalue weighted by atomic mass is 16.5. The van der Waals surface area contributed by atoms with Crippen molar-refractivity contribution in [1.29, 1.82) is 0 Å². The molecule has 2 atom stereocenters. The van der Waals surface area contributed by atoms with Gasteiger partial charge in [0.1, 0.15) is 6.10 Å². The number of ether oxygens (including phenoxy) is 1. The fourth-order valence-corrected chi connectivity index (χ4v) is 1.37. The molecule has 2 unspecified atom stereocenters. The summed E-state index contributed by atoms with van der Waals surface area (Å²) in [4.78, 5) is 0. The minimum atomic E-state index is -0.537. The molecule has 2 N–H and O–H groups in total. The van der Waals surface area contributed by atoms with Crippen molar-refractivity contribution in [3.05, 3.63) is 35.9 Å². The first-order valence-electron chi connectivity index (χ1n) is 5.23. The van der Waals surface area contributed by atoms with Crippen molar-refractivity contribution in [2.75, 3.05) is 20.2 Å². The van der Waals surface area contributed by atoms with Gasteiger partial charge in [0.2, 0.25) is 0 Å². The van der Waals surface area contributed by atoms with Crippen molar-refractivity contribution in [2.45, 2.75) is 19.1 Å². The highest BCUT2D eigenvalue weighted by Crippen LogP contribution is 2.12. The second-order valence-corrected chi connectivity index (χ2v) is 3.63. The zero-order valence-electron chi connectivity index (χ0n) is 9.31. The largest absolute Gasteiger partial charge is 0.386 e. The van der Waals surface area contributed by atoms with Crippen LogP contribution in [0.4, 0.5) is 0 Å². The average Bonchev–Trinajstić information content (AvgIpc) is 2.27. The Morgan fingerprint density at radius 2 is 2.00 bits per heavy atom. The van der Waals surface area contributed by atoms with Crippen molar-refractivity contribution < 1.29 is 9.84 Å². The number of rotatable bonds is 6. The molecule has 0 aliphatic heterocycles. The van der Waals surface area contributed by atoms with Crippen LogP contribution >= 0.6 is 0 Å². The molecule has 0 aliphatic rings. The molecule has 0 radical (unpaired) electrons. The first-order chi connectivity index (χ1) is 7.24. The summed E-state index contributed by atoms with van der Waals surface area (Å²) in [5, 5.41) is 12.8. The zero-order valence-corrected chi connectivity index (χ0v) is 9.31. The van der Waals surface area contributed by atoms with Crippen LogP contribution in [-0.4, -0.2) is 31.4 Å². The van der Waals surface area contributed by atoms with Gasteiger partial charge in [-0.1, -0.05) is 30.3 Å². The standard InChI is InChI=1S/C12H19NO2/c1-10(8-13-2)15-9-12(14)11-6-4-3-5-7-11/h3-7,10,12-14H,8-9H2,1-2H3. The molecule has 0 saturated heterocycles. The lowest BCUT2D eigenvalue weighted by Gasteiger charge is -2.16. The SMILES string of the molecule is CNCC(C)OCC(O)c1ccccc1. The molecular weight excluding hydrogens is 190 g/mol. The van der Waals surface area contributed by atoms with Crippen molar-refractivity contribution in [2.24, 2.45) is 0 Å². The van der Waals surface area contributed by atoms with Crippen LogP contribution in [0.3, 0.4) is 0 Å². The third-order valence-electron chi connectivity index (χ3n) is 2.21. The lowest BCUT2D eigenvalue weighted by atomic mass is 10.1. The van der Waals surface area contributed by atoms with E-state index in [0.717, 1.165) is 12.1 Å². The smallest absolute Gasteiger partial charge is 0.102 e. The van der Waals surface area contributed by atoms with Gasteiger partial charge < -0.3 is 15.2 Å². The molecule has 0 amide bonds. The van der Waals surface area contributed by atoms with E-state index >= 15 is 0 Å². The van der Waals surface area contributed by atoms with E-state index in [4.69, 9.17) is 4.74 Å². The molecule has 1 rings (SSSR count). The number of hydrogen-bond acceptors (Lipinski definition) is 3. The molecule has 15 heavy (non-hydrogen) atoms. The van der Waals surface area contributed by atoms with E-state index in [1.807, 2.05) is 44.3 Å². The van der Waals surface area contributed by atoms with Crippen LogP contribution in [0.25, 0.3) is 0 Å². The molecular formula is C12H19NO2. The van der Waals surface area contributed by atoms with Crippen LogP contribution in [0.5, 0.6) is 0 Å². The molecule has 84 valence electrons. The predicted molar refractivity (Wildman–Crippen MR) is 60.7 cm³/mol. The van der Waals surface area contributed by atoms with Gasteiger partial charge in [0, 0.05) is 6.54 Å². The van der Waals surface area contributed by atoms with E-state index in [1.54, 1.807) is 0 Å². The predicted octanol–water partition coefficient (Wildman–Crippen LogP) is 1.34. The number of hydrogen-bond donors (Lipinski definition) is 2. The van der Waals surface area contributed by atoms with E-state index in [2.05, 4.69) is 5.32 Å². The highest BCUT2D eigenvalue weighted by Gasteiger charge is 2.09. The summed E-state index contributed by atoms with van der Waals surface area (Å²) in [6, 6.07) is 9.55. The Balaban J connectivity index is 2.33. The van der Waals surface area contributed by atoms with Crippen molar-refractivity contribution >= 4 is 0 Å². The molecule has 0 aromatic heterocycles. The number of aliphatic hydroxyl groups is 1.